The first-order valence-corrected chi connectivity index (χ1v) is 20.9. The van der Waals surface area contributed by atoms with Crippen LogP contribution in [0.2, 0.25) is 0 Å². The van der Waals surface area contributed by atoms with Crippen LogP contribution in [0, 0.1) is 22.7 Å². The van der Waals surface area contributed by atoms with Crippen LogP contribution in [0.3, 0.4) is 0 Å². The number of fused-ring (bicyclic) bond motifs is 10. The molecule has 0 radical (unpaired) electrons. The van der Waals surface area contributed by atoms with Crippen molar-refractivity contribution < 1.29 is 0 Å². The quantitative estimate of drug-likeness (QED) is 0.163. The van der Waals surface area contributed by atoms with E-state index >= 15 is 0 Å². The molecule has 5 nitrogen and oxygen atoms in total. The van der Waals surface area contributed by atoms with E-state index < -0.39 is 0 Å². The first kappa shape index (κ1) is 34.3. The SMILES string of the molecule is N#Cc1c(N(c2cccc(-c3ccccc3)c2)c2cccc(-c3ccccc3)c2)c(C#N)c2c3c1-n1c4ccccc4c4cccc(c41)B3c1cccc3c4ccccc4n-2c13. The Hall–Kier alpha value is -8.58. The first-order chi connectivity index (χ1) is 30.7. The number of nitrogens with zero attached hydrogens (tertiary/aromatic N) is 5. The van der Waals surface area contributed by atoms with Crippen LogP contribution in [-0.4, -0.2) is 15.8 Å². The minimum absolute atomic E-state index is 0.231. The minimum Gasteiger partial charge on any atom is -0.309 e. The van der Waals surface area contributed by atoms with E-state index in [-0.39, 0.29) is 6.71 Å². The van der Waals surface area contributed by atoms with Crippen LogP contribution < -0.4 is 21.3 Å². The Bertz CT molecular complexity index is 3550. The van der Waals surface area contributed by atoms with Crippen LogP contribution >= 0.6 is 0 Å². The van der Waals surface area contributed by atoms with Crippen molar-refractivity contribution in [1.82, 2.24) is 9.13 Å². The lowest BCUT2D eigenvalue weighted by Gasteiger charge is -2.37. The van der Waals surface area contributed by atoms with E-state index in [1.165, 1.54) is 10.9 Å². The molecule has 0 spiro atoms. The summed E-state index contributed by atoms with van der Waals surface area (Å²) in [6, 6.07) is 73.5. The molecule has 0 bridgehead atoms. The monoisotopic (exact) mass is 785 g/mol. The van der Waals surface area contributed by atoms with Gasteiger partial charge in [-0.3, -0.25) is 0 Å². The van der Waals surface area contributed by atoms with Gasteiger partial charge in [0.1, 0.15) is 23.3 Å². The van der Waals surface area contributed by atoms with Gasteiger partial charge in [0.15, 0.2) is 0 Å². The van der Waals surface area contributed by atoms with Crippen molar-refractivity contribution in [2.24, 2.45) is 0 Å². The fraction of sp³-hybridized carbons (Fsp3) is 0. The van der Waals surface area contributed by atoms with Gasteiger partial charge in [0.25, 0.3) is 6.71 Å². The Kier molecular flexibility index (Phi) is 7.17. The number of aromatic nitrogens is 2. The van der Waals surface area contributed by atoms with Crippen molar-refractivity contribution >= 4 is 83.8 Å². The molecule has 62 heavy (non-hydrogen) atoms. The highest BCUT2D eigenvalue weighted by molar-refractivity contribution is 7.00. The molecule has 13 rings (SSSR count). The predicted octanol–water partition coefficient (Wildman–Crippen LogP) is 11.6. The summed E-state index contributed by atoms with van der Waals surface area (Å²) in [5.41, 5.74) is 16.5. The number of hydrogen-bond donors (Lipinski definition) is 0. The van der Waals surface area contributed by atoms with Gasteiger partial charge >= 0.3 is 0 Å². The highest BCUT2D eigenvalue weighted by Crippen LogP contribution is 2.48. The highest BCUT2D eigenvalue weighted by Gasteiger charge is 2.45. The third-order valence-electron chi connectivity index (χ3n) is 13.1. The van der Waals surface area contributed by atoms with Crippen LogP contribution in [0.1, 0.15) is 11.1 Å². The molecule has 6 heteroatoms. The van der Waals surface area contributed by atoms with E-state index in [2.05, 4.69) is 208 Å². The molecular formula is C56H32BN5. The summed E-state index contributed by atoms with van der Waals surface area (Å²) < 4.78 is 4.66. The van der Waals surface area contributed by atoms with E-state index in [0.29, 0.717) is 16.8 Å². The summed E-state index contributed by atoms with van der Waals surface area (Å²) in [5.74, 6) is 0. The lowest BCUT2D eigenvalue weighted by atomic mass is 9.34. The normalized spacial score (nSPS) is 12.1. The molecule has 0 N–H and O–H groups in total. The Morgan fingerprint density at radius 2 is 0.806 bits per heavy atom. The molecule has 0 aliphatic carbocycles. The summed E-state index contributed by atoms with van der Waals surface area (Å²) in [6.45, 7) is -0.231. The summed E-state index contributed by atoms with van der Waals surface area (Å²) in [4.78, 5) is 2.16. The van der Waals surface area contributed by atoms with E-state index in [0.717, 1.165) is 94.1 Å². The third kappa shape index (κ3) is 4.56. The molecule has 2 aromatic heterocycles. The van der Waals surface area contributed by atoms with Crippen LogP contribution in [0.4, 0.5) is 17.1 Å². The van der Waals surface area contributed by atoms with Gasteiger partial charge in [0, 0.05) is 44.0 Å². The maximum atomic E-state index is 12.0. The molecule has 2 aliphatic rings. The maximum Gasteiger partial charge on any atom is 0.252 e. The molecule has 11 aromatic rings. The largest absolute Gasteiger partial charge is 0.309 e. The fourth-order valence-corrected chi connectivity index (χ4v) is 10.7. The van der Waals surface area contributed by atoms with Crippen LogP contribution in [0.15, 0.2) is 194 Å². The second kappa shape index (κ2) is 13.0. The Morgan fingerprint density at radius 1 is 0.403 bits per heavy atom. The summed E-state index contributed by atoms with van der Waals surface area (Å²) >= 11 is 0. The predicted molar refractivity (Wildman–Crippen MR) is 255 cm³/mol. The van der Waals surface area contributed by atoms with E-state index in [9.17, 15) is 10.5 Å². The Labute approximate surface area is 357 Å². The van der Waals surface area contributed by atoms with Gasteiger partial charge in [-0.25, -0.2) is 0 Å². The molecule has 0 fully saturated rings. The summed E-state index contributed by atoms with van der Waals surface area (Å²) in [6.07, 6.45) is 0. The van der Waals surface area contributed by atoms with Crippen molar-refractivity contribution in [3.63, 3.8) is 0 Å². The van der Waals surface area contributed by atoms with Crippen LogP contribution in [0.5, 0.6) is 0 Å². The van der Waals surface area contributed by atoms with Gasteiger partial charge in [-0.05, 0) is 75.0 Å². The fourth-order valence-electron chi connectivity index (χ4n) is 10.7. The summed E-state index contributed by atoms with van der Waals surface area (Å²) in [7, 11) is 0. The number of nitriles is 2. The van der Waals surface area contributed by atoms with Crippen molar-refractivity contribution in [3.8, 4) is 45.8 Å². The van der Waals surface area contributed by atoms with E-state index in [4.69, 9.17) is 0 Å². The number of anilines is 3. The van der Waals surface area contributed by atoms with Crippen molar-refractivity contribution in [2.75, 3.05) is 4.90 Å². The van der Waals surface area contributed by atoms with E-state index in [1.807, 2.05) is 12.1 Å². The van der Waals surface area contributed by atoms with Gasteiger partial charge in [-0.1, -0.05) is 158 Å². The highest BCUT2D eigenvalue weighted by atomic mass is 15.2. The number of rotatable bonds is 5. The first-order valence-electron chi connectivity index (χ1n) is 20.9. The zero-order chi connectivity index (χ0) is 41.1. The molecule has 2 aliphatic heterocycles. The number of hydrogen-bond acceptors (Lipinski definition) is 3. The molecule has 0 saturated carbocycles. The Balaban J connectivity index is 1.25. The lowest BCUT2D eigenvalue weighted by Crippen LogP contribution is -2.60. The molecule has 0 atom stereocenters. The van der Waals surface area contributed by atoms with Crippen molar-refractivity contribution in [3.05, 3.63) is 205 Å². The smallest absolute Gasteiger partial charge is 0.252 e. The van der Waals surface area contributed by atoms with Gasteiger partial charge in [-0.2, -0.15) is 10.5 Å². The topological polar surface area (TPSA) is 60.7 Å². The van der Waals surface area contributed by atoms with Gasteiger partial charge in [0.2, 0.25) is 0 Å². The number of para-hydroxylation sites is 4. The molecule has 0 unspecified atom stereocenters. The Morgan fingerprint density at radius 3 is 1.27 bits per heavy atom. The average molecular weight is 786 g/mol. The third-order valence-corrected chi connectivity index (χ3v) is 13.1. The second-order valence-electron chi connectivity index (χ2n) is 16.2. The zero-order valence-corrected chi connectivity index (χ0v) is 33.3. The standard InChI is InChI=1S/C56H32BN5/c58-33-45-52(60(39-21-11-19-37(31-39)35-15-3-1-4-16-35)40-22-12-20-38(32-40)36-17-5-2-6-18-36)46(34-59)56-51-55(45)61-49-29-9-7-23-41(49)43-25-13-27-47(53(43)61)57(51)48-28-14-26-44-42-24-8-10-30-50(42)62(56)54(44)48/h1-32H. The van der Waals surface area contributed by atoms with Crippen LogP contribution in [0.25, 0.3) is 77.2 Å². The second-order valence-corrected chi connectivity index (χ2v) is 16.2. The van der Waals surface area contributed by atoms with E-state index in [1.54, 1.807) is 0 Å². The van der Waals surface area contributed by atoms with Crippen molar-refractivity contribution in [1.29, 1.82) is 10.5 Å². The molecule has 0 saturated heterocycles. The zero-order valence-electron chi connectivity index (χ0n) is 33.3. The van der Waals surface area contributed by atoms with Crippen LogP contribution in [-0.2, 0) is 0 Å². The number of benzene rings is 9. The average Bonchev–Trinajstić information content (AvgIpc) is 3.86. The van der Waals surface area contributed by atoms with Gasteiger partial charge in [0.05, 0.1) is 28.1 Å². The molecule has 9 aromatic carbocycles. The molecule has 0 amide bonds. The molecular weight excluding hydrogens is 753 g/mol. The summed E-state index contributed by atoms with van der Waals surface area (Å²) in [5, 5.41) is 28.4. The molecule has 4 heterocycles. The lowest BCUT2D eigenvalue weighted by molar-refractivity contribution is 1.11. The van der Waals surface area contributed by atoms with Gasteiger partial charge in [-0.15, -0.1) is 0 Å². The van der Waals surface area contributed by atoms with Gasteiger partial charge < -0.3 is 14.0 Å². The molecule has 284 valence electrons. The minimum atomic E-state index is -0.231. The van der Waals surface area contributed by atoms with Crippen molar-refractivity contribution in [2.45, 2.75) is 0 Å². The maximum absolute atomic E-state index is 12.0.